The first-order valence-electron chi connectivity index (χ1n) is 5.38. The lowest BCUT2D eigenvalue weighted by atomic mass is 10.3. The van der Waals surface area contributed by atoms with Gasteiger partial charge >= 0.3 is 5.97 Å². The molecule has 0 amide bonds. The molecule has 7 heteroatoms. The van der Waals surface area contributed by atoms with Crippen LogP contribution in [0.3, 0.4) is 0 Å². The lowest BCUT2D eigenvalue weighted by molar-refractivity contribution is -0.135. The first-order valence-corrected chi connectivity index (χ1v) is 5.38. The second kappa shape index (κ2) is 4.52. The van der Waals surface area contributed by atoms with Crippen molar-refractivity contribution >= 4 is 23.0 Å². The van der Waals surface area contributed by atoms with Gasteiger partial charge in [-0.25, -0.2) is 19.9 Å². The van der Waals surface area contributed by atoms with Crippen molar-refractivity contribution in [1.82, 2.24) is 19.9 Å². The zero-order chi connectivity index (χ0) is 13.3. The summed E-state index contributed by atoms with van der Waals surface area (Å²) in [4.78, 5) is 29.0. The Hall–Kier alpha value is -2.31. The highest BCUT2D eigenvalue weighted by molar-refractivity contribution is 5.84. The summed E-state index contributed by atoms with van der Waals surface area (Å²) in [5.74, 6) is -0.459. The van der Waals surface area contributed by atoms with Crippen LogP contribution in [0.2, 0.25) is 0 Å². The van der Waals surface area contributed by atoms with Gasteiger partial charge in [0.05, 0.1) is 11.4 Å². The third kappa shape index (κ3) is 2.20. The second-order valence-electron chi connectivity index (χ2n) is 4.01. The zero-order valence-corrected chi connectivity index (χ0v) is 10.4. The van der Waals surface area contributed by atoms with Gasteiger partial charge in [0.25, 0.3) is 0 Å². The molecule has 2 heterocycles. The Morgan fingerprint density at radius 3 is 2.61 bits per heavy atom. The van der Waals surface area contributed by atoms with Crippen LogP contribution in [0.4, 0.5) is 5.82 Å². The fraction of sp³-hybridized carbons (Fsp3) is 0.364. The summed E-state index contributed by atoms with van der Waals surface area (Å²) in [5, 5.41) is 8.79. The number of rotatable bonds is 3. The molecule has 2 aromatic rings. The molecule has 0 aliphatic carbocycles. The first kappa shape index (κ1) is 12.2. The van der Waals surface area contributed by atoms with Gasteiger partial charge in [-0.1, -0.05) is 0 Å². The quantitative estimate of drug-likeness (QED) is 0.846. The third-order valence-corrected chi connectivity index (χ3v) is 2.59. The average Bonchev–Trinajstić information content (AvgIpc) is 2.29. The maximum atomic E-state index is 10.7. The minimum absolute atomic E-state index is 0.152. The molecular weight excluding hydrogens is 234 g/mol. The van der Waals surface area contributed by atoms with Crippen molar-refractivity contribution in [2.75, 3.05) is 18.5 Å². The molecule has 2 rings (SSSR count). The molecule has 7 nitrogen and oxygen atoms in total. The van der Waals surface area contributed by atoms with Crippen LogP contribution in [0.25, 0.3) is 11.2 Å². The standard InChI is InChI=1S/C11H13N5O2/c1-6-7(2)15-10-9(14-6)11(13-5-12-10)16(3)4-8(17)18/h5H,4H2,1-3H3,(H,17,18). The molecule has 2 aromatic heterocycles. The molecule has 18 heavy (non-hydrogen) atoms. The van der Waals surface area contributed by atoms with Crippen LogP contribution >= 0.6 is 0 Å². The summed E-state index contributed by atoms with van der Waals surface area (Å²) in [6.07, 6.45) is 1.36. The number of nitrogens with zero attached hydrogens (tertiary/aromatic N) is 5. The van der Waals surface area contributed by atoms with Gasteiger partial charge in [-0.05, 0) is 13.8 Å². The highest BCUT2D eigenvalue weighted by Crippen LogP contribution is 2.19. The van der Waals surface area contributed by atoms with Crippen molar-refractivity contribution in [3.05, 3.63) is 17.7 Å². The predicted molar refractivity (Wildman–Crippen MR) is 65.5 cm³/mol. The van der Waals surface area contributed by atoms with E-state index >= 15 is 0 Å². The largest absolute Gasteiger partial charge is 0.480 e. The van der Waals surface area contributed by atoms with Crippen LogP contribution in [-0.4, -0.2) is 44.6 Å². The molecule has 0 bridgehead atoms. The molecule has 0 radical (unpaired) electrons. The van der Waals surface area contributed by atoms with E-state index in [1.54, 1.807) is 7.05 Å². The Kier molecular flexibility index (Phi) is 3.05. The van der Waals surface area contributed by atoms with E-state index in [4.69, 9.17) is 5.11 Å². The summed E-state index contributed by atoms with van der Waals surface area (Å²) >= 11 is 0. The number of fused-ring (bicyclic) bond motifs is 1. The zero-order valence-electron chi connectivity index (χ0n) is 10.4. The number of carbonyl (C=O) groups is 1. The first-order chi connectivity index (χ1) is 8.49. The van der Waals surface area contributed by atoms with Gasteiger partial charge < -0.3 is 10.0 Å². The Morgan fingerprint density at radius 2 is 1.94 bits per heavy atom. The summed E-state index contributed by atoms with van der Waals surface area (Å²) in [7, 11) is 1.65. The van der Waals surface area contributed by atoms with Crippen LogP contribution in [0.15, 0.2) is 6.33 Å². The number of aryl methyl sites for hydroxylation is 2. The molecule has 0 aliphatic heterocycles. The van der Waals surface area contributed by atoms with E-state index in [9.17, 15) is 4.79 Å². The Balaban J connectivity index is 2.57. The summed E-state index contributed by atoms with van der Waals surface area (Å²) in [6.45, 7) is 3.54. The minimum atomic E-state index is -0.930. The minimum Gasteiger partial charge on any atom is -0.480 e. The fourth-order valence-electron chi connectivity index (χ4n) is 1.59. The lowest BCUT2D eigenvalue weighted by Crippen LogP contribution is -2.26. The molecule has 0 fully saturated rings. The second-order valence-corrected chi connectivity index (χ2v) is 4.01. The number of hydrogen-bond acceptors (Lipinski definition) is 6. The number of aliphatic carboxylic acids is 1. The molecule has 0 saturated carbocycles. The fourth-order valence-corrected chi connectivity index (χ4v) is 1.59. The SMILES string of the molecule is Cc1nc2ncnc(N(C)CC(=O)O)c2nc1C. The van der Waals surface area contributed by atoms with Crippen LogP contribution in [-0.2, 0) is 4.79 Å². The highest BCUT2D eigenvalue weighted by atomic mass is 16.4. The van der Waals surface area contributed by atoms with Crippen LogP contribution in [0, 0.1) is 13.8 Å². The maximum absolute atomic E-state index is 10.7. The van der Waals surface area contributed by atoms with Gasteiger partial charge in [0, 0.05) is 7.05 Å². The Morgan fingerprint density at radius 1 is 1.28 bits per heavy atom. The van der Waals surface area contributed by atoms with Crippen LogP contribution in [0.5, 0.6) is 0 Å². The van der Waals surface area contributed by atoms with Gasteiger partial charge in [-0.3, -0.25) is 4.79 Å². The van der Waals surface area contributed by atoms with E-state index in [1.165, 1.54) is 11.2 Å². The molecule has 0 unspecified atom stereocenters. The van der Waals surface area contributed by atoms with E-state index < -0.39 is 5.97 Å². The number of anilines is 1. The number of aromatic nitrogens is 4. The monoisotopic (exact) mass is 247 g/mol. The molecular formula is C11H13N5O2. The van der Waals surface area contributed by atoms with Gasteiger partial charge in [0.2, 0.25) is 0 Å². The lowest BCUT2D eigenvalue weighted by Gasteiger charge is -2.16. The van der Waals surface area contributed by atoms with Crippen LogP contribution < -0.4 is 4.90 Å². The van der Waals surface area contributed by atoms with Crippen molar-refractivity contribution in [3.63, 3.8) is 0 Å². The summed E-state index contributed by atoms with van der Waals surface area (Å²) in [5.41, 5.74) is 2.57. The van der Waals surface area contributed by atoms with Gasteiger partial charge in [-0.15, -0.1) is 0 Å². The molecule has 0 aromatic carbocycles. The summed E-state index contributed by atoms with van der Waals surface area (Å²) < 4.78 is 0. The maximum Gasteiger partial charge on any atom is 0.323 e. The molecule has 0 spiro atoms. The topological polar surface area (TPSA) is 92.1 Å². The highest BCUT2D eigenvalue weighted by Gasteiger charge is 2.14. The average molecular weight is 247 g/mol. The van der Waals surface area contributed by atoms with Gasteiger partial charge in [-0.2, -0.15) is 0 Å². The van der Waals surface area contributed by atoms with Crippen molar-refractivity contribution in [1.29, 1.82) is 0 Å². The van der Waals surface area contributed by atoms with E-state index in [0.717, 1.165) is 11.4 Å². The van der Waals surface area contributed by atoms with E-state index in [2.05, 4.69) is 19.9 Å². The Labute approximate surface area is 104 Å². The molecule has 94 valence electrons. The summed E-state index contributed by atoms with van der Waals surface area (Å²) in [6, 6.07) is 0. The van der Waals surface area contributed by atoms with Crippen LogP contribution in [0.1, 0.15) is 11.4 Å². The third-order valence-electron chi connectivity index (χ3n) is 2.59. The normalized spacial score (nSPS) is 10.6. The van der Waals surface area contributed by atoms with E-state index in [-0.39, 0.29) is 6.54 Å². The van der Waals surface area contributed by atoms with Crippen molar-refractivity contribution in [2.24, 2.45) is 0 Å². The molecule has 0 atom stereocenters. The van der Waals surface area contributed by atoms with Gasteiger partial charge in [0.15, 0.2) is 17.0 Å². The van der Waals surface area contributed by atoms with E-state index in [0.29, 0.717) is 17.0 Å². The van der Waals surface area contributed by atoms with Gasteiger partial charge in [0.1, 0.15) is 12.9 Å². The number of carboxylic acids is 1. The molecule has 0 saturated heterocycles. The molecule has 1 N–H and O–H groups in total. The molecule has 0 aliphatic rings. The van der Waals surface area contributed by atoms with Crippen molar-refractivity contribution < 1.29 is 9.90 Å². The predicted octanol–water partition coefficient (Wildman–Crippen LogP) is 0.557. The smallest absolute Gasteiger partial charge is 0.323 e. The number of carboxylic acid groups (broad SMARTS) is 1. The van der Waals surface area contributed by atoms with E-state index in [1.807, 2.05) is 13.8 Å². The van der Waals surface area contributed by atoms with Crippen molar-refractivity contribution in [3.8, 4) is 0 Å². The number of hydrogen-bond donors (Lipinski definition) is 1. The van der Waals surface area contributed by atoms with Crippen molar-refractivity contribution in [2.45, 2.75) is 13.8 Å². The number of likely N-dealkylation sites (N-methyl/N-ethyl adjacent to an activating group) is 1. The Bertz CT molecular complexity index is 614.